The predicted octanol–water partition coefficient (Wildman–Crippen LogP) is 10.0. The van der Waals surface area contributed by atoms with E-state index in [9.17, 15) is 19.2 Å². The Morgan fingerprint density at radius 3 is 1.24 bits per heavy atom. The summed E-state index contributed by atoms with van der Waals surface area (Å²) in [5.74, 6) is -1.03. The molecule has 0 aliphatic rings. The van der Waals surface area contributed by atoms with Gasteiger partial charge in [0.2, 0.25) is 11.8 Å². The molecule has 0 radical (unpaired) electrons. The number of carbonyl (C=O) groups is 4. The van der Waals surface area contributed by atoms with Crippen molar-refractivity contribution in [3.05, 3.63) is 240 Å². The molecule has 0 fully saturated rings. The van der Waals surface area contributed by atoms with Gasteiger partial charge in [-0.25, -0.2) is 19.6 Å². The molecule has 0 aliphatic carbocycles. The lowest BCUT2D eigenvalue weighted by Crippen LogP contribution is -2.43. The molecule has 2 unspecified atom stereocenters. The molecule has 8 rings (SSSR count). The number of aromatic carboxylic acids is 1. The summed E-state index contributed by atoms with van der Waals surface area (Å²) in [6, 6.07) is 58.9. The number of carboxylic acid groups (broad SMARTS) is 1. The molecule has 0 saturated carbocycles. The second kappa shape index (κ2) is 28.7. The zero-order valence-electron chi connectivity index (χ0n) is 39.7. The summed E-state index contributed by atoms with van der Waals surface area (Å²) in [4.78, 5) is 55.5. The van der Waals surface area contributed by atoms with Gasteiger partial charge in [-0.3, -0.25) is 9.59 Å². The van der Waals surface area contributed by atoms with Crippen LogP contribution in [-0.4, -0.2) is 65.2 Å². The molecule has 2 heterocycles. The van der Waals surface area contributed by atoms with Crippen LogP contribution in [0.15, 0.2) is 207 Å². The Morgan fingerprint density at radius 2 is 0.861 bits per heavy atom. The van der Waals surface area contributed by atoms with E-state index in [0.29, 0.717) is 43.4 Å². The van der Waals surface area contributed by atoms with E-state index < -0.39 is 24.0 Å². The van der Waals surface area contributed by atoms with Crippen LogP contribution in [0, 0.1) is 0 Å². The second-order valence-electron chi connectivity index (χ2n) is 15.8. The van der Waals surface area contributed by atoms with E-state index in [2.05, 4.69) is 20.0 Å². The maximum absolute atomic E-state index is 12.8. The van der Waals surface area contributed by atoms with E-state index in [0.717, 1.165) is 44.5 Å². The van der Waals surface area contributed by atoms with Gasteiger partial charge in [-0.1, -0.05) is 146 Å². The van der Waals surface area contributed by atoms with Gasteiger partial charge in [0.15, 0.2) is 0 Å². The normalized spacial score (nSPS) is 11.0. The third-order valence-corrected chi connectivity index (χ3v) is 10.8. The van der Waals surface area contributed by atoms with E-state index in [1.54, 1.807) is 48.8 Å². The number of pyridine rings is 2. The Kier molecular flexibility index (Phi) is 21.7. The molecular weight excluding hydrogens is 932 g/mol. The van der Waals surface area contributed by atoms with Crippen molar-refractivity contribution in [2.45, 2.75) is 38.1 Å². The number of hydrogen-bond donors (Lipinski definition) is 3. The molecule has 368 valence electrons. The van der Waals surface area contributed by atoms with Crippen molar-refractivity contribution >= 4 is 36.2 Å². The van der Waals surface area contributed by atoms with Crippen LogP contribution < -0.4 is 20.5 Å². The quantitative estimate of drug-likeness (QED) is 0.0734. The lowest BCUT2D eigenvalue weighted by molar-refractivity contribution is -0.143. The highest BCUT2D eigenvalue weighted by atomic mass is 35.5. The SMILES string of the molecule is COC(=O)C(Cc1ccccc1)NC(=O)c1ccc(-c2ccc(OCc3ccccc3)nc2)cc1.COC(=O)C(N)Cc1ccccc1.Cl.O=C(O)c1ccc(-c2ccc(OCc3ccccc3)nc2)cc1. The number of hydrogen-bond acceptors (Lipinski definition) is 11. The van der Waals surface area contributed by atoms with Gasteiger partial charge in [-0.05, 0) is 76.2 Å². The number of halogens is 1. The third-order valence-electron chi connectivity index (χ3n) is 10.8. The number of nitrogens with one attached hydrogen (secondary N) is 1. The summed E-state index contributed by atoms with van der Waals surface area (Å²) in [6.45, 7) is 0.925. The number of carboxylic acids is 1. The van der Waals surface area contributed by atoms with E-state index in [4.69, 9.17) is 25.1 Å². The largest absolute Gasteiger partial charge is 0.478 e. The molecule has 0 aliphatic heterocycles. The molecule has 2 aromatic heterocycles. The maximum atomic E-state index is 12.8. The summed E-state index contributed by atoms with van der Waals surface area (Å²) in [7, 11) is 2.65. The van der Waals surface area contributed by atoms with E-state index in [-0.39, 0.29) is 29.8 Å². The number of ether oxygens (including phenoxy) is 4. The molecular formula is C58H55ClN4O9. The van der Waals surface area contributed by atoms with Crippen LogP contribution in [0.2, 0.25) is 0 Å². The molecule has 2 atom stereocenters. The molecule has 72 heavy (non-hydrogen) atoms. The summed E-state index contributed by atoms with van der Waals surface area (Å²) in [5, 5.41) is 11.7. The fourth-order valence-corrected chi connectivity index (χ4v) is 6.88. The molecule has 0 saturated heterocycles. The molecule has 1 amide bonds. The minimum absolute atomic E-state index is 0. The predicted molar refractivity (Wildman–Crippen MR) is 279 cm³/mol. The summed E-state index contributed by atoms with van der Waals surface area (Å²) in [6.07, 6.45) is 4.33. The van der Waals surface area contributed by atoms with Gasteiger partial charge in [0, 0.05) is 47.6 Å². The zero-order chi connectivity index (χ0) is 50.2. The van der Waals surface area contributed by atoms with Crippen LogP contribution in [0.1, 0.15) is 43.0 Å². The zero-order valence-corrected chi connectivity index (χ0v) is 40.5. The Balaban J connectivity index is 0.000000223. The number of amides is 1. The third kappa shape index (κ3) is 17.4. The van der Waals surface area contributed by atoms with Gasteiger partial charge in [-0.2, -0.15) is 0 Å². The van der Waals surface area contributed by atoms with Gasteiger partial charge in [0.25, 0.3) is 5.91 Å². The number of esters is 2. The highest BCUT2D eigenvalue weighted by molar-refractivity contribution is 5.97. The average molecular weight is 988 g/mol. The van der Waals surface area contributed by atoms with Gasteiger partial charge >= 0.3 is 17.9 Å². The number of benzene rings is 6. The topological polar surface area (TPSA) is 189 Å². The summed E-state index contributed by atoms with van der Waals surface area (Å²) in [5.41, 5.74) is 14.1. The van der Waals surface area contributed by atoms with Crippen LogP contribution in [-0.2, 0) is 45.1 Å². The first-order chi connectivity index (χ1) is 34.6. The van der Waals surface area contributed by atoms with Crippen molar-refractivity contribution in [3.8, 4) is 34.0 Å². The van der Waals surface area contributed by atoms with Crippen molar-refractivity contribution in [2.75, 3.05) is 14.2 Å². The first-order valence-corrected chi connectivity index (χ1v) is 22.6. The number of aromatic nitrogens is 2. The lowest BCUT2D eigenvalue weighted by atomic mass is 10.0. The average Bonchev–Trinajstić information content (AvgIpc) is 3.43. The minimum Gasteiger partial charge on any atom is -0.478 e. The number of nitrogens with zero attached hydrogens (tertiary/aromatic N) is 2. The van der Waals surface area contributed by atoms with E-state index >= 15 is 0 Å². The van der Waals surface area contributed by atoms with Crippen LogP contribution in [0.25, 0.3) is 22.3 Å². The molecule has 0 spiro atoms. The first-order valence-electron chi connectivity index (χ1n) is 22.6. The van der Waals surface area contributed by atoms with Gasteiger partial charge in [0.1, 0.15) is 25.3 Å². The molecule has 13 nitrogen and oxygen atoms in total. The molecule has 6 aromatic carbocycles. The van der Waals surface area contributed by atoms with Crippen molar-refractivity contribution in [1.29, 1.82) is 0 Å². The summed E-state index contributed by atoms with van der Waals surface area (Å²) >= 11 is 0. The van der Waals surface area contributed by atoms with Crippen molar-refractivity contribution in [3.63, 3.8) is 0 Å². The Morgan fingerprint density at radius 1 is 0.486 bits per heavy atom. The monoisotopic (exact) mass is 986 g/mol. The second-order valence-corrected chi connectivity index (χ2v) is 15.8. The standard InChI is InChI=1S/C29H26N2O4.C19H15NO3.C10H13NO2.ClH/c1-34-29(33)26(18-21-8-4-2-5-9-21)31-28(32)24-14-12-23(13-15-24)25-16-17-27(30-19-25)35-20-22-10-6-3-7-11-22;21-19(22)16-8-6-15(7-9-16)17-10-11-18(20-12-17)23-13-14-4-2-1-3-5-14;1-13-10(12)9(11)7-8-5-3-2-4-6-8;/h2-17,19,26H,18,20H2,1H3,(H,31,32);1-12H,13H2,(H,21,22);2-6,9H,7,11H2,1H3;1H. The minimum atomic E-state index is -0.931. The fraction of sp³-hybridized carbons (Fsp3) is 0.138. The molecule has 0 bridgehead atoms. The Labute approximate surface area is 425 Å². The van der Waals surface area contributed by atoms with Crippen molar-refractivity contribution in [2.24, 2.45) is 5.73 Å². The lowest BCUT2D eigenvalue weighted by Gasteiger charge is -2.17. The van der Waals surface area contributed by atoms with E-state index in [1.807, 2.05) is 158 Å². The first kappa shape index (κ1) is 54.3. The van der Waals surface area contributed by atoms with Crippen LogP contribution in [0.5, 0.6) is 11.8 Å². The van der Waals surface area contributed by atoms with E-state index in [1.165, 1.54) is 14.2 Å². The number of methoxy groups -OCH3 is 2. The number of nitrogens with two attached hydrogens (primary N) is 1. The van der Waals surface area contributed by atoms with Crippen LogP contribution in [0.4, 0.5) is 0 Å². The molecule has 4 N–H and O–H groups in total. The maximum Gasteiger partial charge on any atom is 0.335 e. The van der Waals surface area contributed by atoms with Gasteiger partial charge in [0.05, 0.1) is 19.8 Å². The number of carbonyl (C=O) groups excluding carboxylic acids is 3. The molecule has 8 aromatic rings. The highest BCUT2D eigenvalue weighted by Gasteiger charge is 2.23. The Bertz CT molecular complexity index is 2880. The highest BCUT2D eigenvalue weighted by Crippen LogP contribution is 2.23. The van der Waals surface area contributed by atoms with Gasteiger partial charge in [-0.15, -0.1) is 12.4 Å². The fourth-order valence-electron chi connectivity index (χ4n) is 6.88. The van der Waals surface area contributed by atoms with Crippen molar-refractivity contribution in [1.82, 2.24) is 15.3 Å². The summed E-state index contributed by atoms with van der Waals surface area (Å²) < 4.78 is 20.8. The Hall–Kier alpha value is -8.65. The van der Waals surface area contributed by atoms with Crippen LogP contribution in [0.3, 0.4) is 0 Å². The molecule has 14 heteroatoms. The number of rotatable bonds is 17. The van der Waals surface area contributed by atoms with Crippen LogP contribution >= 0.6 is 12.4 Å². The van der Waals surface area contributed by atoms with Gasteiger partial charge < -0.3 is 35.1 Å². The van der Waals surface area contributed by atoms with Crippen molar-refractivity contribution < 1.29 is 43.2 Å². The smallest absolute Gasteiger partial charge is 0.335 e.